The second-order valence-corrected chi connectivity index (χ2v) is 5.49. The standard InChI is InChI=1S/C11H14N2OS2/c1-2-3-4-6-15-10-9(8-14)13-5-7-16-11(13)12-10/h5,7-8H,2-4,6H2,1H3. The van der Waals surface area contributed by atoms with E-state index < -0.39 is 0 Å². The van der Waals surface area contributed by atoms with E-state index in [0.29, 0.717) is 5.69 Å². The molecule has 0 spiro atoms. The Morgan fingerprint density at radius 1 is 1.56 bits per heavy atom. The van der Waals surface area contributed by atoms with Crippen molar-refractivity contribution in [3.63, 3.8) is 0 Å². The van der Waals surface area contributed by atoms with E-state index in [2.05, 4.69) is 11.9 Å². The van der Waals surface area contributed by atoms with Gasteiger partial charge < -0.3 is 0 Å². The molecule has 2 heterocycles. The summed E-state index contributed by atoms with van der Waals surface area (Å²) >= 11 is 3.25. The summed E-state index contributed by atoms with van der Waals surface area (Å²) in [6.07, 6.45) is 6.44. The fourth-order valence-electron chi connectivity index (χ4n) is 1.52. The van der Waals surface area contributed by atoms with E-state index in [0.717, 1.165) is 22.0 Å². The Hall–Kier alpha value is -0.810. The molecule has 0 aliphatic rings. The van der Waals surface area contributed by atoms with Gasteiger partial charge in [0.2, 0.25) is 0 Å². The molecule has 0 fully saturated rings. The third kappa shape index (κ3) is 2.30. The lowest BCUT2D eigenvalue weighted by Gasteiger charge is -1.97. The maximum atomic E-state index is 11.0. The Labute approximate surface area is 103 Å². The third-order valence-corrected chi connectivity index (χ3v) is 4.19. The summed E-state index contributed by atoms with van der Waals surface area (Å²) in [5, 5.41) is 2.82. The highest BCUT2D eigenvalue weighted by atomic mass is 32.2. The lowest BCUT2D eigenvalue weighted by atomic mass is 10.3. The number of aromatic nitrogens is 2. The van der Waals surface area contributed by atoms with Gasteiger partial charge >= 0.3 is 0 Å². The summed E-state index contributed by atoms with van der Waals surface area (Å²) in [7, 11) is 0. The molecule has 0 saturated carbocycles. The topological polar surface area (TPSA) is 34.4 Å². The van der Waals surface area contributed by atoms with Crippen LogP contribution in [0.15, 0.2) is 16.6 Å². The van der Waals surface area contributed by atoms with Crippen molar-refractivity contribution in [1.29, 1.82) is 0 Å². The number of carbonyl (C=O) groups is 1. The molecule has 0 unspecified atom stereocenters. The van der Waals surface area contributed by atoms with Crippen molar-refractivity contribution in [2.75, 3.05) is 5.75 Å². The predicted octanol–water partition coefficient (Wildman–Crippen LogP) is 3.49. The average molecular weight is 254 g/mol. The molecular formula is C11H14N2OS2. The van der Waals surface area contributed by atoms with Crippen LogP contribution in [-0.2, 0) is 0 Å². The van der Waals surface area contributed by atoms with E-state index in [4.69, 9.17) is 0 Å². The number of aldehydes is 1. The first-order valence-corrected chi connectivity index (χ1v) is 7.27. The summed E-state index contributed by atoms with van der Waals surface area (Å²) < 4.78 is 1.86. The molecule has 16 heavy (non-hydrogen) atoms. The molecule has 0 bridgehead atoms. The van der Waals surface area contributed by atoms with Gasteiger partial charge in [-0.05, 0) is 12.2 Å². The number of thioether (sulfide) groups is 1. The lowest BCUT2D eigenvalue weighted by molar-refractivity contribution is 0.111. The number of nitrogens with zero attached hydrogens (tertiary/aromatic N) is 2. The Kier molecular flexibility index (Phi) is 4.01. The van der Waals surface area contributed by atoms with Gasteiger partial charge in [0, 0.05) is 11.6 Å². The molecule has 0 aliphatic carbocycles. The first-order chi connectivity index (χ1) is 7.86. The minimum absolute atomic E-state index is 0.692. The van der Waals surface area contributed by atoms with Crippen LogP contribution in [0.1, 0.15) is 36.7 Å². The molecule has 3 nitrogen and oxygen atoms in total. The minimum Gasteiger partial charge on any atom is -0.296 e. The van der Waals surface area contributed by atoms with Gasteiger partial charge in [-0.1, -0.05) is 19.8 Å². The lowest BCUT2D eigenvalue weighted by Crippen LogP contribution is -1.89. The largest absolute Gasteiger partial charge is 0.296 e. The quantitative estimate of drug-likeness (QED) is 0.449. The number of thiazole rings is 1. The Bertz CT molecular complexity index is 475. The van der Waals surface area contributed by atoms with Crippen molar-refractivity contribution in [1.82, 2.24) is 9.38 Å². The molecule has 0 N–H and O–H groups in total. The van der Waals surface area contributed by atoms with Gasteiger partial charge in [0.05, 0.1) is 0 Å². The van der Waals surface area contributed by atoms with Crippen LogP contribution >= 0.6 is 23.1 Å². The molecule has 86 valence electrons. The monoisotopic (exact) mass is 254 g/mol. The van der Waals surface area contributed by atoms with Crippen molar-refractivity contribution in [3.8, 4) is 0 Å². The van der Waals surface area contributed by atoms with Gasteiger partial charge in [-0.25, -0.2) is 4.98 Å². The van der Waals surface area contributed by atoms with E-state index in [1.807, 2.05) is 16.0 Å². The van der Waals surface area contributed by atoms with Crippen LogP contribution in [0.4, 0.5) is 0 Å². The normalized spacial score (nSPS) is 11.1. The number of unbranched alkanes of at least 4 members (excludes halogenated alkanes) is 2. The fraction of sp³-hybridized carbons (Fsp3) is 0.455. The van der Waals surface area contributed by atoms with E-state index in [9.17, 15) is 4.79 Å². The zero-order valence-electron chi connectivity index (χ0n) is 9.18. The maximum Gasteiger partial charge on any atom is 0.195 e. The molecule has 0 amide bonds. The molecule has 2 aromatic rings. The zero-order chi connectivity index (χ0) is 11.4. The minimum atomic E-state index is 0.692. The van der Waals surface area contributed by atoms with E-state index in [1.165, 1.54) is 19.3 Å². The summed E-state index contributed by atoms with van der Waals surface area (Å²) in [6.45, 7) is 2.19. The Balaban J connectivity index is 2.10. The van der Waals surface area contributed by atoms with E-state index in [1.54, 1.807) is 23.1 Å². The van der Waals surface area contributed by atoms with Crippen LogP contribution in [0.25, 0.3) is 4.96 Å². The van der Waals surface area contributed by atoms with E-state index >= 15 is 0 Å². The maximum absolute atomic E-state index is 11.0. The van der Waals surface area contributed by atoms with Crippen molar-refractivity contribution >= 4 is 34.3 Å². The van der Waals surface area contributed by atoms with Crippen molar-refractivity contribution in [2.45, 2.75) is 31.2 Å². The number of hydrogen-bond acceptors (Lipinski definition) is 4. The zero-order valence-corrected chi connectivity index (χ0v) is 10.8. The summed E-state index contributed by atoms with van der Waals surface area (Å²) in [6, 6.07) is 0. The Morgan fingerprint density at radius 2 is 2.44 bits per heavy atom. The average Bonchev–Trinajstić information content (AvgIpc) is 2.84. The molecule has 0 radical (unpaired) electrons. The van der Waals surface area contributed by atoms with Crippen LogP contribution in [-0.4, -0.2) is 21.4 Å². The highest BCUT2D eigenvalue weighted by molar-refractivity contribution is 7.99. The van der Waals surface area contributed by atoms with Crippen LogP contribution in [0, 0.1) is 0 Å². The van der Waals surface area contributed by atoms with Gasteiger partial charge in [0.15, 0.2) is 11.2 Å². The first kappa shape index (κ1) is 11.7. The highest BCUT2D eigenvalue weighted by Gasteiger charge is 2.12. The van der Waals surface area contributed by atoms with Crippen molar-refractivity contribution in [3.05, 3.63) is 17.3 Å². The van der Waals surface area contributed by atoms with Gasteiger partial charge in [-0.15, -0.1) is 23.1 Å². The molecule has 0 atom stereocenters. The molecular weight excluding hydrogens is 240 g/mol. The van der Waals surface area contributed by atoms with Crippen LogP contribution in [0.2, 0.25) is 0 Å². The number of imidazole rings is 1. The van der Waals surface area contributed by atoms with Crippen LogP contribution in [0.5, 0.6) is 0 Å². The van der Waals surface area contributed by atoms with E-state index in [-0.39, 0.29) is 0 Å². The molecule has 0 aromatic carbocycles. The Morgan fingerprint density at radius 3 is 3.19 bits per heavy atom. The summed E-state index contributed by atoms with van der Waals surface area (Å²) in [5.41, 5.74) is 0.692. The van der Waals surface area contributed by atoms with Crippen LogP contribution in [0.3, 0.4) is 0 Å². The van der Waals surface area contributed by atoms with Gasteiger partial charge in [-0.3, -0.25) is 9.20 Å². The number of fused-ring (bicyclic) bond motifs is 1. The first-order valence-electron chi connectivity index (χ1n) is 5.40. The van der Waals surface area contributed by atoms with Gasteiger partial charge in [0.1, 0.15) is 10.7 Å². The van der Waals surface area contributed by atoms with Crippen LogP contribution < -0.4 is 0 Å². The van der Waals surface area contributed by atoms with Gasteiger partial charge in [0.25, 0.3) is 0 Å². The second-order valence-electron chi connectivity index (χ2n) is 3.53. The van der Waals surface area contributed by atoms with Gasteiger partial charge in [-0.2, -0.15) is 0 Å². The smallest absolute Gasteiger partial charge is 0.195 e. The summed E-state index contributed by atoms with van der Waals surface area (Å²) in [4.78, 5) is 16.4. The molecule has 5 heteroatoms. The summed E-state index contributed by atoms with van der Waals surface area (Å²) in [5.74, 6) is 1.04. The molecule has 2 rings (SSSR count). The SMILES string of the molecule is CCCCCSc1nc2sccn2c1C=O. The molecule has 0 aliphatic heterocycles. The number of hydrogen-bond donors (Lipinski definition) is 0. The molecule has 2 aromatic heterocycles. The third-order valence-electron chi connectivity index (χ3n) is 2.36. The highest BCUT2D eigenvalue weighted by Crippen LogP contribution is 2.25. The molecule has 0 saturated heterocycles. The second kappa shape index (κ2) is 5.50. The predicted molar refractivity (Wildman–Crippen MR) is 68.7 cm³/mol. The van der Waals surface area contributed by atoms with Crippen molar-refractivity contribution < 1.29 is 4.79 Å². The number of rotatable bonds is 6. The van der Waals surface area contributed by atoms with Crippen molar-refractivity contribution in [2.24, 2.45) is 0 Å². The number of carbonyl (C=O) groups excluding carboxylic acids is 1. The fourth-order valence-corrected chi connectivity index (χ4v) is 3.28.